The first-order valence-electron chi connectivity index (χ1n) is 6.52. The molecule has 0 unspecified atom stereocenters. The van der Waals surface area contributed by atoms with Crippen LogP contribution in [0.15, 0.2) is 47.8 Å². The van der Waals surface area contributed by atoms with Gasteiger partial charge in [-0.2, -0.15) is 5.26 Å². The molecular formula is C16H11ClN4O. The highest BCUT2D eigenvalue weighted by Gasteiger charge is 2.13. The Labute approximate surface area is 131 Å². The van der Waals surface area contributed by atoms with Gasteiger partial charge >= 0.3 is 0 Å². The lowest BCUT2D eigenvalue weighted by Gasteiger charge is -2.10. The predicted molar refractivity (Wildman–Crippen MR) is 84.1 cm³/mol. The third kappa shape index (κ3) is 2.41. The third-order valence-corrected chi connectivity index (χ3v) is 3.64. The van der Waals surface area contributed by atoms with E-state index < -0.39 is 5.56 Å². The van der Waals surface area contributed by atoms with Gasteiger partial charge in [0.1, 0.15) is 11.6 Å². The lowest BCUT2D eigenvalue weighted by atomic mass is 10.0. The maximum absolute atomic E-state index is 11.9. The summed E-state index contributed by atoms with van der Waals surface area (Å²) < 4.78 is 1.82. The van der Waals surface area contributed by atoms with Crippen LogP contribution in [-0.2, 0) is 0 Å². The molecule has 0 bridgehead atoms. The van der Waals surface area contributed by atoms with Crippen molar-refractivity contribution in [2.24, 2.45) is 0 Å². The van der Waals surface area contributed by atoms with Crippen molar-refractivity contribution < 1.29 is 0 Å². The monoisotopic (exact) mass is 310 g/mol. The molecule has 0 fully saturated rings. The molecule has 5 nitrogen and oxygen atoms in total. The number of aromatic nitrogens is 3. The van der Waals surface area contributed by atoms with Crippen LogP contribution in [0.3, 0.4) is 0 Å². The van der Waals surface area contributed by atoms with Crippen molar-refractivity contribution in [3.8, 4) is 22.9 Å². The van der Waals surface area contributed by atoms with Crippen molar-refractivity contribution in [2.45, 2.75) is 6.92 Å². The van der Waals surface area contributed by atoms with E-state index in [0.29, 0.717) is 21.8 Å². The first kappa shape index (κ1) is 14.1. The molecule has 0 aliphatic rings. The highest BCUT2D eigenvalue weighted by Crippen LogP contribution is 2.31. The van der Waals surface area contributed by atoms with Crippen molar-refractivity contribution in [1.29, 1.82) is 5.26 Å². The number of halogens is 1. The van der Waals surface area contributed by atoms with Crippen LogP contribution < -0.4 is 5.56 Å². The fraction of sp³-hybridized carbons (Fsp3) is 0.0625. The molecule has 0 spiro atoms. The number of nitrogens with zero attached hydrogens (tertiary/aromatic N) is 3. The minimum atomic E-state index is -0.410. The minimum absolute atomic E-state index is 0.0582. The normalized spacial score (nSPS) is 10.4. The van der Waals surface area contributed by atoms with Gasteiger partial charge in [-0.15, -0.1) is 0 Å². The highest BCUT2D eigenvalue weighted by atomic mass is 35.5. The Morgan fingerprint density at radius 3 is 2.77 bits per heavy atom. The molecule has 0 saturated carbocycles. The topological polar surface area (TPSA) is 74.5 Å². The average Bonchev–Trinajstić information content (AvgIpc) is 3.00. The number of pyridine rings is 1. The molecule has 108 valence electrons. The highest BCUT2D eigenvalue weighted by molar-refractivity contribution is 6.33. The van der Waals surface area contributed by atoms with Gasteiger partial charge in [0.25, 0.3) is 5.56 Å². The molecule has 3 aromatic rings. The summed E-state index contributed by atoms with van der Waals surface area (Å²) >= 11 is 6.36. The third-order valence-electron chi connectivity index (χ3n) is 3.33. The van der Waals surface area contributed by atoms with E-state index in [-0.39, 0.29) is 5.56 Å². The van der Waals surface area contributed by atoms with E-state index in [0.717, 1.165) is 5.69 Å². The number of imidazole rings is 1. The number of nitriles is 1. The van der Waals surface area contributed by atoms with Gasteiger partial charge in [0.05, 0.1) is 11.3 Å². The van der Waals surface area contributed by atoms with Crippen LogP contribution in [0.25, 0.3) is 16.8 Å². The average molecular weight is 311 g/mol. The van der Waals surface area contributed by atoms with Crippen LogP contribution in [0.5, 0.6) is 0 Å². The summed E-state index contributed by atoms with van der Waals surface area (Å²) in [7, 11) is 0. The van der Waals surface area contributed by atoms with Crippen LogP contribution >= 0.6 is 11.6 Å². The molecule has 0 radical (unpaired) electrons. The van der Waals surface area contributed by atoms with Crippen LogP contribution in [-0.4, -0.2) is 14.5 Å². The molecule has 0 amide bonds. The van der Waals surface area contributed by atoms with Crippen molar-refractivity contribution >= 4 is 11.6 Å². The van der Waals surface area contributed by atoms with Gasteiger partial charge in [-0.1, -0.05) is 17.7 Å². The minimum Gasteiger partial charge on any atom is -0.325 e. The maximum atomic E-state index is 11.9. The van der Waals surface area contributed by atoms with E-state index in [1.54, 1.807) is 37.6 Å². The first-order chi connectivity index (χ1) is 10.6. The molecule has 1 N–H and O–H groups in total. The van der Waals surface area contributed by atoms with Gasteiger partial charge in [-0.25, -0.2) is 4.98 Å². The van der Waals surface area contributed by atoms with Crippen molar-refractivity contribution in [3.05, 3.63) is 69.6 Å². The molecule has 0 atom stereocenters. The smallest absolute Gasteiger partial charge is 0.266 e. The predicted octanol–water partition coefficient (Wildman–Crippen LogP) is 3.06. The maximum Gasteiger partial charge on any atom is 0.266 e. The lowest BCUT2D eigenvalue weighted by Crippen LogP contribution is -2.12. The van der Waals surface area contributed by atoms with Gasteiger partial charge < -0.3 is 9.55 Å². The molecule has 1 aromatic carbocycles. The zero-order valence-corrected chi connectivity index (χ0v) is 12.4. The number of nitrogens with one attached hydrogen (secondary N) is 1. The Morgan fingerprint density at radius 2 is 2.14 bits per heavy atom. The van der Waals surface area contributed by atoms with E-state index >= 15 is 0 Å². The Balaban J connectivity index is 2.19. The zero-order valence-electron chi connectivity index (χ0n) is 11.7. The number of H-pyrrole nitrogens is 1. The second kappa shape index (κ2) is 5.51. The zero-order chi connectivity index (χ0) is 15.7. The van der Waals surface area contributed by atoms with Crippen LogP contribution in [0, 0.1) is 18.3 Å². The van der Waals surface area contributed by atoms with E-state index in [4.69, 9.17) is 11.6 Å². The number of hydrogen-bond acceptors (Lipinski definition) is 3. The van der Waals surface area contributed by atoms with E-state index in [9.17, 15) is 10.1 Å². The van der Waals surface area contributed by atoms with Gasteiger partial charge in [-0.05, 0) is 25.1 Å². The molecular weight excluding hydrogens is 300 g/mol. The Bertz CT molecular complexity index is 936. The summed E-state index contributed by atoms with van der Waals surface area (Å²) in [5, 5.41) is 9.69. The molecule has 2 aromatic heterocycles. The van der Waals surface area contributed by atoms with Gasteiger partial charge in [-0.3, -0.25) is 4.79 Å². The van der Waals surface area contributed by atoms with Gasteiger partial charge in [0.2, 0.25) is 0 Å². The van der Waals surface area contributed by atoms with Crippen LogP contribution in [0.1, 0.15) is 11.3 Å². The summed E-state index contributed by atoms with van der Waals surface area (Å²) in [6.07, 6.45) is 5.16. The van der Waals surface area contributed by atoms with Gasteiger partial charge in [0, 0.05) is 34.9 Å². The number of aryl methyl sites for hydroxylation is 1. The number of rotatable bonds is 2. The standard InChI is InChI=1S/C16H11ClN4O/c1-10-6-13(14(8-18)16(22)20-10)12-3-2-11(7-15(12)17)21-5-4-19-9-21/h2-7,9H,1H3,(H,20,22). The first-order valence-corrected chi connectivity index (χ1v) is 6.90. The number of benzene rings is 1. The molecule has 0 saturated heterocycles. The summed E-state index contributed by atoms with van der Waals surface area (Å²) in [6, 6.07) is 9.12. The molecule has 2 heterocycles. The quantitative estimate of drug-likeness (QED) is 0.790. The Hall–Kier alpha value is -2.84. The molecule has 0 aliphatic carbocycles. The second-order valence-corrected chi connectivity index (χ2v) is 5.22. The van der Waals surface area contributed by atoms with Crippen molar-refractivity contribution in [1.82, 2.24) is 14.5 Å². The van der Waals surface area contributed by atoms with E-state index in [2.05, 4.69) is 9.97 Å². The fourth-order valence-corrected chi connectivity index (χ4v) is 2.58. The SMILES string of the molecule is Cc1cc(-c2ccc(-n3ccnc3)cc2Cl)c(C#N)c(=O)[nH]1. The summed E-state index contributed by atoms with van der Waals surface area (Å²) in [5.41, 5.74) is 2.36. The molecule has 0 aliphatic heterocycles. The molecule has 22 heavy (non-hydrogen) atoms. The van der Waals surface area contributed by atoms with E-state index in [1.165, 1.54) is 0 Å². The number of aromatic amines is 1. The van der Waals surface area contributed by atoms with Crippen molar-refractivity contribution in [3.63, 3.8) is 0 Å². The summed E-state index contributed by atoms with van der Waals surface area (Å²) in [4.78, 5) is 18.5. The number of hydrogen-bond donors (Lipinski definition) is 1. The van der Waals surface area contributed by atoms with E-state index in [1.807, 2.05) is 22.9 Å². The summed E-state index contributed by atoms with van der Waals surface area (Å²) in [5.74, 6) is 0. The summed E-state index contributed by atoms with van der Waals surface area (Å²) in [6.45, 7) is 1.76. The molecule has 3 rings (SSSR count). The van der Waals surface area contributed by atoms with Crippen LogP contribution in [0.4, 0.5) is 0 Å². The largest absolute Gasteiger partial charge is 0.325 e. The van der Waals surface area contributed by atoms with Gasteiger partial charge in [0.15, 0.2) is 0 Å². The van der Waals surface area contributed by atoms with Crippen molar-refractivity contribution in [2.75, 3.05) is 0 Å². The Kier molecular flexibility index (Phi) is 3.53. The Morgan fingerprint density at radius 1 is 1.32 bits per heavy atom. The molecule has 6 heteroatoms. The van der Waals surface area contributed by atoms with Crippen LogP contribution in [0.2, 0.25) is 5.02 Å². The fourth-order valence-electron chi connectivity index (χ4n) is 2.31. The second-order valence-electron chi connectivity index (χ2n) is 4.82. The lowest BCUT2D eigenvalue weighted by molar-refractivity contribution is 1.06.